The number of hydrogen-bond acceptors (Lipinski definition) is 3. The Morgan fingerprint density at radius 3 is 2.64 bits per heavy atom. The molecule has 0 N–H and O–H groups in total. The fourth-order valence-electron chi connectivity index (χ4n) is 2.27. The second kappa shape index (κ2) is 6.19. The Hall–Kier alpha value is -1.71. The van der Waals surface area contributed by atoms with Crippen LogP contribution in [0.25, 0.3) is 11.3 Å². The zero-order valence-electron chi connectivity index (χ0n) is 11.9. The SMILES string of the molecule is C=CC(=C)OCc1c(-c2c(Cl)cccc2Cl)noc1C1CC1. The van der Waals surface area contributed by atoms with Crippen molar-refractivity contribution in [3.63, 3.8) is 0 Å². The van der Waals surface area contributed by atoms with E-state index < -0.39 is 0 Å². The molecular formula is C17H15Cl2NO2. The summed E-state index contributed by atoms with van der Waals surface area (Å²) in [6.07, 6.45) is 3.76. The van der Waals surface area contributed by atoms with E-state index in [0.717, 1.165) is 24.2 Å². The maximum absolute atomic E-state index is 6.29. The van der Waals surface area contributed by atoms with E-state index in [1.54, 1.807) is 24.3 Å². The molecule has 1 aliphatic carbocycles. The molecule has 3 rings (SSSR count). The lowest BCUT2D eigenvalue weighted by Gasteiger charge is -2.09. The quantitative estimate of drug-likeness (QED) is 0.498. The van der Waals surface area contributed by atoms with Crippen LogP contribution in [-0.4, -0.2) is 5.16 Å². The standard InChI is InChI=1S/C17H15Cl2NO2/c1-3-10(2)21-9-12-16(20-22-17(12)11-7-8-11)15-13(18)5-4-6-14(15)19/h3-6,11H,1-2,7-9H2. The summed E-state index contributed by atoms with van der Waals surface area (Å²) in [5.41, 5.74) is 2.18. The van der Waals surface area contributed by atoms with Crippen LogP contribution < -0.4 is 0 Å². The molecule has 3 nitrogen and oxygen atoms in total. The number of ether oxygens (including phenoxy) is 1. The van der Waals surface area contributed by atoms with E-state index in [4.69, 9.17) is 32.5 Å². The van der Waals surface area contributed by atoms with Crippen molar-refractivity contribution in [1.82, 2.24) is 5.16 Å². The van der Waals surface area contributed by atoms with Gasteiger partial charge >= 0.3 is 0 Å². The van der Waals surface area contributed by atoms with Crippen molar-refractivity contribution in [3.05, 3.63) is 64.6 Å². The third-order valence-electron chi connectivity index (χ3n) is 3.60. The lowest BCUT2D eigenvalue weighted by Crippen LogP contribution is -1.96. The Morgan fingerprint density at radius 1 is 1.36 bits per heavy atom. The van der Waals surface area contributed by atoms with Crippen molar-refractivity contribution in [2.45, 2.75) is 25.4 Å². The van der Waals surface area contributed by atoms with Crippen molar-refractivity contribution >= 4 is 23.2 Å². The summed E-state index contributed by atoms with van der Waals surface area (Å²) >= 11 is 12.6. The van der Waals surface area contributed by atoms with Crippen molar-refractivity contribution < 1.29 is 9.26 Å². The Labute approximate surface area is 139 Å². The molecule has 0 spiro atoms. The van der Waals surface area contributed by atoms with Crippen LogP contribution >= 0.6 is 23.2 Å². The Morgan fingerprint density at radius 2 is 2.05 bits per heavy atom. The van der Waals surface area contributed by atoms with Gasteiger partial charge in [0.2, 0.25) is 0 Å². The van der Waals surface area contributed by atoms with Crippen LogP contribution in [0.1, 0.15) is 30.1 Å². The minimum atomic E-state index is 0.303. The molecular weight excluding hydrogens is 321 g/mol. The Bertz CT molecular complexity index is 712. The largest absolute Gasteiger partial charge is 0.489 e. The van der Waals surface area contributed by atoms with E-state index in [0.29, 0.717) is 39.6 Å². The number of nitrogens with zero attached hydrogens (tertiary/aromatic N) is 1. The van der Waals surface area contributed by atoms with Gasteiger partial charge < -0.3 is 9.26 Å². The normalized spacial score (nSPS) is 13.9. The fourth-order valence-corrected chi connectivity index (χ4v) is 2.85. The highest BCUT2D eigenvalue weighted by Gasteiger charge is 2.33. The first kappa shape index (κ1) is 15.2. The van der Waals surface area contributed by atoms with Gasteiger partial charge in [-0.3, -0.25) is 0 Å². The highest BCUT2D eigenvalue weighted by molar-refractivity contribution is 6.39. The third kappa shape index (κ3) is 2.92. The van der Waals surface area contributed by atoms with Crippen LogP contribution in [0.2, 0.25) is 10.0 Å². The van der Waals surface area contributed by atoms with Gasteiger partial charge in [-0.2, -0.15) is 0 Å². The molecule has 0 aliphatic heterocycles. The van der Waals surface area contributed by atoms with Crippen LogP contribution in [0, 0.1) is 0 Å². The second-order valence-corrected chi connectivity index (χ2v) is 6.02. The molecule has 0 unspecified atom stereocenters. The van der Waals surface area contributed by atoms with Gasteiger partial charge in [-0.05, 0) is 31.1 Å². The summed E-state index contributed by atoms with van der Waals surface area (Å²) < 4.78 is 11.1. The van der Waals surface area contributed by atoms with Gasteiger partial charge in [-0.25, -0.2) is 0 Å². The number of aromatic nitrogens is 1. The molecule has 1 fully saturated rings. The maximum atomic E-state index is 6.29. The molecule has 1 aromatic heterocycles. The third-order valence-corrected chi connectivity index (χ3v) is 4.23. The highest BCUT2D eigenvalue weighted by Crippen LogP contribution is 2.46. The van der Waals surface area contributed by atoms with Gasteiger partial charge in [0.1, 0.15) is 23.8 Å². The smallest absolute Gasteiger partial charge is 0.147 e. The van der Waals surface area contributed by atoms with Crippen molar-refractivity contribution in [3.8, 4) is 11.3 Å². The topological polar surface area (TPSA) is 35.3 Å². The van der Waals surface area contributed by atoms with Gasteiger partial charge in [0.25, 0.3) is 0 Å². The summed E-state index contributed by atoms with van der Waals surface area (Å²) in [7, 11) is 0. The first-order chi connectivity index (χ1) is 10.6. The minimum Gasteiger partial charge on any atom is -0.489 e. The molecule has 1 saturated carbocycles. The number of rotatable bonds is 6. The lowest BCUT2D eigenvalue weighted by molar-refractivity contribution is 0.210. The van der Waals surface area contributed by atoms with Gasteiger partial charge in [0, 0.05) is 11.5 Å². The Kier molecular flexibility index (Phi) is 4.27. The lowest BCUT2D eigenvalue weighted by atomic mass is 10.0. The zero-order chi connectivity index (χ0) is 15.7. The highest BCUT2D eigenvalue weighted by atomic mass is 35.5. The summed E-state index contributed by atoms with van der Waals surface area (Å²) in [6.45, 7) is 7.69. The summed E-state index contributed by atoms with van der Waals surface area (Å²) in [4.78, 5) is 0. The molecule has 22 heavy (non-hydrogen) atoms. The van der Waals surface area contributed by atoms with E-state index in [-0.39, 0.29) is 0 Å². The van der Waals surface area contributed by atoms with E-state index in [1.807, 2.05) is 0 Å². The van der Waals surface area contributed by atoms with Crippen LogP contribution in [0.15, 0.2) is 47.7 Å². The molecule has 2 aromatic rings. The van der Waals surface area contributed by atoms with E-state index in [1.165, 1.54) is 0 Å². The molecule has 0 atom stereocenters. The molecule has 0 bridgehead atoms. The average molecular weight is 336 g/mol. The fraction of sp³-hybridized carbons (Fsp3) is 0.235. The summed E-state index contributed by atoms with van der Waals surface area (Å²) in [6, 6.07) is 5.36. The van der Waals surface area contributed by atoms with Crippen LogP contribution in [0.4, 0.5) is 0 Å². The van der Waals surface area contributed by atoms with Crippen molar-refractivity contribution in [2.24, 2.45) is 0 Å². The monoisotopic (exact) mass is 335 g/mol. The minimum absolute atomic E-state index is 0.303. The number of allylic oxidation sites excluding steroid dienone is 1. The molecule has 1 aliphatic rings. The second-order valence-electron chi connectivity index (χ2n) is 5.20. The summed E-state index contributed by atoms with van der Waals surface area (Å²) in [5.74, 6) is 1.75. The predicted octanol–water partition coefficient (Wildman–Crippen LogP) is 5.74. The van der Waals surface area contributed by atoms with E-state index in [9.17, 15) is 0 Å². The molecule has 0 amide bonds. The van der Waals surface area contributed by atoms with Crippen LogP contribution in [0.5, 0.6) is 0 Å². The van der Waals surface area contributed by atoms with E-state index >= 15 is 0 Å². The number of halogens is 2. The maximum Gasteiger partial charge on any atom is 0.147 e. The van der Waals surface area contributed by atoms with Crippen molar-refractivity contribution in [2.75, 3.05) is 0 Å². The van der Waals surface area contributed by atoms with Crippen LogP contribution in [-0.2, 0) is 11.3 Å². The van der Waals surface area contributed by atoms with E-state index in [2.05, 4.69) is 18.3 Å². The number of benzene rings is 1. The molecule has 0 saturated heterocycles. The van der Waals surface area contributed by atoms with Gasteiger partial charge in [-0.1, -0.05) is 47.6 Å². The molecule has 1 heterocycles. The average Bonchev–Trinajstić information content (AvgIpc) is 3.26. The predicted molar refractivity (Wildman–Crippen MR) is 88.1 cm³/mol. The molecule has 1 aromatic carbocycles. The summed E-state index contributed by atoms with van der Waals surface area (Å²) in [5, 5.41) is 5.26. The number of hydrogen-bond donors (Lipinski definition) is 0. The van der Waals surface area contributed by atoms with Crippen LogP contribution in [0.3, 0.4) is 0 Å². The first-order valence-corrected chi connectivity index (χ1v) is 7.74. The zero-order valence-corrected chi connectivity index (χ0v) is 13.5. The van der Waals surface area contributed by atoms with Gasteiger partial charge in [0.05, 0.1) is 15.6 Å². The molecule has 114 valence electrons. The van der Waals surface area contributed by atoms with Crippen molar-refractivity contribution in [1.29, 1.82) is 0 Å². The molecule has 0 radical (unpaired) electrons. The molecule has 5 heteroatoms. The Balaban J connectivity index is 2.03. The van der Waals surface area contributed by atoms with Gasteiger partial charge in [-0.15, -0.1) is 0 Å². The van der Waals surface area contributed by atoms with Gasteiger partial charge in [0.15, 0.2) is 0 Å². The first-order valence-electron chi connectivity index (χ1n) is 6.98.